The molecule has 1 radical (unpaired) electrons. The Morgan fingerprint density at radius 1 is 1.20 bits per heavy atom. The summed E-state index contributed by atoms with van der Waals surface area (Å²) in [5.74, 6) is 0.197. The Morgan fingerprint density at radius 3 is 2.50 bits per heavy atom. The highest BCUT2D eigenvalue weighted by atomic mass is 35.5. The first kappa shape index (κ1) is 14.9. The number of hydrogen-bond acceptors (Lipinski definition) is 3. The summed E-state index contributed by atoms with van der Waals surface area (Å²) in [7, 11) is 1.55. The molecule has 0 saturated heterocycles. The van der Waals surface area contributed by atoms with Gasteiger partial charge >= 0.3 is 6.18 Å². The molecule has 0 aliphatic carbocycles. The van der Waals surface area contributed by atoms with Crippen LogP contribution in [0.3, 0.4) is 0 Å². The highest BCUT2D eigenvalue weighted by Gasteiger charge is 2.34. The van der Waals surface area contributed by atoms with Crippen LogP contribution >= 0.6 is 23.2 Å². The molecule has 3 nitrogen and oxygen atoms in total. The zero-order valence-electron chi connectivity index (χ0n) is 10.0. The van der Waals surface area contributed by atoms with Crippen LogP contribution in [0, 0.1) is 6.07 Å². The standard InChI is InChI=1S/C12H7Cl2F3N3/c1-18-10-5-9(19-11(14)20-10)7-3-2-6(13)4-8(7)12(15,16)17/h2-4H,1H3,(H,18,19,20). The van der Waals surface area contributed by atoms with Crippen molar-refractivity contribution in [1.29, 1.82) is 0 Å². The number of halogens is 5. The summed E-state index contributed by atoms with van der Waals surface area (Å²) in [6.07, 6.45) is -4.56. The molecule has 105 valence electrons. The van der Waals surface area contributed by atoms with Crippen LogP contribution in [0.15, 0.2) is 18.2 Å². The molecular formula is C12H7Cl2F3N3. The van der Waals surface area contributed by atoms with E-state index in [9.17, 15) is 13.2 Å². The summed E-state index contributed by atoms with van der Waals surface area (Å²) in [6.45, 7) is 0. The SMILES string of the molecule is CNc1[c]c(-c2ccc(Cl)cc2C(F)(F)F)nc(Cl)n1. The molecule has 0 atom stereocenters. The fourth-order valence-electron chi connectivity index (χ4n) is 1.58. The Balaban J connectivity index is 2.66. The Kier molecular flexibility index (Phi) is 4.06. The van der Waals surface area contributed by atoms with E-state index in [0.29, 0.717) is 0 Å². The van der Waals surface area contributed by atoms with Crippen LogP contribution in [0.25, 0.3) is 11.3 Å². The number of benzene rings is 1. The largest absolute Gasteiger partial charge is 0.417 e. The Morgan fingerprint density at radius 2 is 1.90 bits per heavy atom. The number of alkyl halides is 3. The minimum atomic E-state index is -4.56. The van der Waals surface area contributed by atoms with E-state index in [1.54, 1.807) is 7.05 Å². The van der Waals surface area contributed by atoms with Crippen LogP contribution in [0.5, 0.6) is 0 Å². The number of aromatic nitrogens is 2. The minimum absolute atomic E-state index is 0.0185. The molecule has 0 aliphatic rings. The van der Waals surface area contributed by atoms with E-state index in [-0.39, 0.29) is 27.4 Å². The number of nitrogens with one attached hydrogen (secondary N) is 1. The zero-order chi connectivity index (χ0) is 14.9. The van der Waals surface area contributed by atoms with Crippen molar-refractivity contribution in [2.75, 3.05) is 12.4 Å². The molecule has 20 heavy (non-hydrogen) atoms. The predicted octanol–water partition coefficient (Wildman–Crippen LogP) is 4.31. The van der Waals surface area contributed by atoms with Gasteiger partial charge < -0.3 is 5.32 Å². The first-order chi connectivity index (χ1) is 9.31. The Hall–Kier alpha value is -1.53. The van der Waals surface area contributed by atoms with Gasteiger partial charge in [0.05, 0.1) is 17.3 Å². The fourth-order valence-corrected chi connectivity index (χ4v) is 1.92. The van der Waals surface area contributed by atoms with Gasteiger partial charge in [-0.3, -0.25) is 0 Å². The lowest BCUT2D eigenvalue weighted by molar-refractivity contribution is -0.137. The third-order valence-electron chi connectivity index (χ3n) is 2.42. The van der Waals surface area contributed by atoms with Gasteiger partial charge in [0.2, 0.25) is 5.28 Å². The molecule has 8 heteroatoms. The molecule has 0 saturated carbocycles. The van der Waals surface area contributed by atoms with E-state index in [1.807, 2.05) is 0 Å². The highest BCUT2D eigenvalue weighted by Crippen LogP contribution is 2.38. The van der Waals surface area contributed by atoms with Crippen LogP contribution in [0.2, 0.25) is 10.3 Å². The van der Waals surface area contributed by atoms with Crippen molar-refractivity contribution in [3.05, 3.63) is 40.1 Å². The molecule has 0 bridgehead atoms. The molecule has 2 rings (SSSR count). The maximum Gasteiger partial charge on any atom is 0.417 e. The van der Waals surface area contributed by atoms with Gasteiger partial charge in [0, 0.05) is 17.6 Å². The van der Waals surface area contributed by atoms with Crippen molar-refractivity contribution >= 4 is 29.0 Å². The van der Waals surface area contributed by atoms with E-state index in [0.717, 1.165) is 6.07 Å². The topological polar surface area (TPSA) is 37.8 Å². The lowest BCUT2D eigenvalue weighted by atomic mass is 10.0. The van der Waals surface area contributed by atoms with Crippen molar-refractivity contribution in [3.63, 3.8) is 0 Å². The molecule has 1 heterocycles. The van der Waals surface area contributed by atoms with E-state index < -0.39 is 11.7 Å². The first-order valence-corrected chi connectivity index (χ1v) is 6.08. The third kappa shape index (κ3) is 3.13. The van der Waals surface area contributed by atoms with Gasteiger partial charge in [-0.1, -0.05) is 17.7 Å². The zero-order valence-corrected chi connectivity index (χ0v) is 11.5. The Labute approximate surface area is 122 Å². The van der Waals surface area contributed by atoms with Gasteiger partial charge in [-0.15, -0.1) is 0 Å². The maximum atomic E-state index is 13.0. The highest BCUT2D eigenvalue weighted by molar-refractivity contribution is 6.30. The van der Waals surface area contributed by atoms with Crippen LogP contribution in [-0.2, 0) is 6.18 Å². The van der Waals surface area contributed by atoms with Crippen molar-refractivity contribution < 1.29 is 13.2 Å². The second-order valence-electron chi connectivity index (χ2n) is 3.75. The van der Waals surface area contributed by atoms with Crippen LogP contribution in [0.1, 0.15) is 5.56 Å². The number of rotatable bonds is 2. The number of hydrogen-bond donors (Lipinski definition) is 1. The predicted molar refractivity (Wildman–Crippen MR) is 70.9 cm³/mol. The average molecular weight is 321 g/mol. The van der Waals surface area contributed by atoms with Gasteiger partial charge in [0.25, 0.3) is 0 Å². The second kappa shape index (κ2) is 5.46. The van der Waals surface area contributed by atoms with Crippen LogP contribution in [-0.4, -0.2) is 17.0 Å². The maximum absolute atomic E-state index is 13.0. The van der Waals surface area contributed by atoms with E-state index in [1.165, 1.54) is 12.1 Å². The van der Waals surface area contributed by atoms with E-state index in [2.05, 4.69) is 21.4 Å². The summed E-state index contributed by atoms with van der Waals surface area (Å²) < 4.78 is 39.1. The van der Waals surface area contributed by atoms with E-state index in [4.69, 9.17) is 23.2 Å². The molecule has 1 aromatic carbocycles. The average Bonchev–Trinajstić information content (AvgIpc) is 2.36. The molecule has 0 aliphatic heterocycles. The lowest BCUT2D eigenvalue weighted by Crippen LogP contribution is -2.08. The van der Waals surface area contributed by atoms with Gasteiger partial charge in [-0.25, -0.2) is 9.97 Å². The monoisotopic (exact) mass is 320 g/mol. The molecule has 2 aromatic rings. The summed E-state index contributed by atoms with van der Waals surface area (Å²) in [4.78, 5) is 7.54. The lowest BCUT2D eigenvalue weighted by Gasteiger charge is -2.13. The Bertz CT molecular complexity index is 644. The number of anilines is 1. The molecule has 0 spiro atoms. The van der Waals surface area contributed by atoms with Crippen molar-refractivity contribution in [3.8, 4) is 11.3 Å². The molecule has 0 fully saturated rings. The minimum Gasteiger partial charge on any atom is -0.372 e. The molecule has 0 amide bonds. The van der Waals surface area contributed by atoms with E-state index >= 15 is 0 Å². The molecule has 0 unspecified atom stereocenters. The normalized spacial score (nSPS) is 11.5. The molecular weight excluding hydrogens is 314 g/mol. The van der Waals surface area contributed by atoms with Gasteiger partial charge in [-0.05, 0) is 23.7 Å². The molecule has 1 aromatic heterocycles. The van der Waals surface area contributed by atoms with Crippen molar-refractivity contribution in [1.82, 2.24) is 9.97 Å². The summed E-state index contributed by atoms with van der Waals surface area (Å²) in [5.41, 5.74) is -1.13. The smallest absolute Gasteiger partial charge is 0.372 e. The first-order valence-electron chi connectivity index (χ1n) is 5.33. The fraction of sp³-hybridized carbons (Fsp3) is 0.167. The summed E-state index contributed by atoms with van der Waals surface area (Å²) in [5, 5.41) is 2.46. The van der Waals surface area contributed by atoms with Gasteiger partial charge in [-0.2, -0.15) is 13.2 Å². The van der Waals surface area contributed by atoms with Crippen LogP contribution in [0.4, 0.5) is 19.0 Å². The molecule has 1 N–H and O–H groups in total. The second-order valence-corrected chi connectivity index (χ2v) is 4.53. The van der Waals surface area contributed by atoms with Gasteiger partial charge in [0.1, 0.15) is 5.82 Å². The quantitative estimate of drug-likeness (QED) is 0.838. The van der Waals surface area contributed by atoms with Crippen molar-refractivity contribution in [2.24, 2.45) is 0 Å². The van der Waals surface area contributed by atoms with Crippen LogP contribution < -0.4 is 5.32 Å². The number of nitrogens with zero attached hydrogens (tertiary/aromatic N) is 2. The summed E-state index contributed by atoms with van der Waals surface area (Å²) >= 11 is 11.3. The third-order valence-corrected chi connectivity index (χ3v) is 2.83. The van der Waals surface area contributed by atoms with Gasteiger partial charge in [0.15, 0.2) is 0 Å². The summed E-state index contributed by atoms with van der Waals surface area (Å²) in [6, 6.07) is 6.02. The van der Waals surface area contributed by atoms with Crippen molar-refractivity contribution in [2.45, 2.75) is 6.18 Å².